The van der Waals surface area contributed by atoms with Gasteiger partial charge in [0.05, 0.1) is 11.6 Å². The maximum Gasteiger partial charge on any atom is 0.416 e. The molecule has 0 bridgehead atoms. The van der Waals surface area contributed by atoms with E-state index in [2.05, 4.69) is 10.3 Å². The molecule has 1 atom stereocenters. The molecule has 0 fully saturated rings. The van der Waals surface area contributed by atoms with Crippen molar-refractivity contribution in [2.45, 2.75) is 12.2 Å². The van der Waals surface area contributed by atoms with Crippen molar-refractivity contribution < 1.29 is 17.6 Å². The molecule has 1 N–H and O–H groups in total. The number of fused-ring (bicyclic) bond motifs is 1. The minimum absolute atomic E-state index is 0.0829. The van der Waals surface area contributed by atoms with Gasteiger partial charge in [-0.15, -0.1) is 0 Å². The topological polar surface area (TPSA) is 65.1 Å². The van der Waals surface area contributed by atoms with Crippen molar-refractivity contribution in [1.29, 1.82) is 5.26 Å². The molecule has 168 valence electrons. The van der Waals surface area contributed by atoms with Gasteiger partial charge in [0.1, 0.15) is 6.07 Å². The fraction of sp³-hybridized carbons (Fsp3) is 0.200. The number of likely N-dealkylation sites (N-methyl/N-ethyl adjacent to an activating group) is 1. The van der Waals surface area contributed by atoms with Crippen LogP contribution in [-0.2, 0) is 6.18 Å². The molecule has 4 rings (SSSR count). The average Bonchev–Trinajstić information content (AvgIpc) is 3.21. The third kappa shape index (κ3) is 4.69. The van der Waals surface area contributed by atoms with Crippen LogP contribution in [0.25, 0.3) is 22.2 Å². The average molecular weight is 450 g/mol. The smallest absolute Gasteiger partial charge is 0.416 e. The van der Waals surface area contributed by atoms with Gasteiger partial charge < -0.3 is 14.6 Å². The van der Waals surface area contributed by atoms with Crippen molar-refractivity contribution in [3.63, 3.8) is 0 Å². The van der Waals surface area contributed by atoms with Crippen LogP contribution in [0, 0.1) is 11.3 Å². The minimum Gasteiger partial charge on any atom is -0.419 e. The lowest BCUT2D eigenvalue weighted by molar-refractivity contribution is -0.137. The van der Waals surface area contributed by atoms with Crippen molar-refractivity contribution in [2.75, 3.05) is 26.0 Å². The van der Waals surface area contributed by atoms with Gasteiger partial charge in [-0.3, -0.25) is 0 Å². The van der Waals surface area contributed by atoms with E-state index >= 15 is 0 Å². The quantitative estimate of drug-likeness (QED) is 0.385. The molecule has 0 aliphatic rings. The third-order valence-electron chi connectivity index (χ3n) is 5.43. The summed E-state index contributed by atoms with van der Waals surface area (Å²) < 4.78 is 45.4. The fourth-order valence-electron chi connectivity index (χ4n) is 3.75. The Morgan fingerprint density at radius 1 is 1.06 bits per heavy atom. The molecule has 0 saturated heterocycles. The highest BCUT2D eigenvalue weighted by atomic mass is 19.4. The van der Waals surface area contributed by atoms with Gasteiger partial charge in [-0.05, 0) is 48.6 Å². The van der Waals surface area contributed by atoms with Crippen LogP contribution in [0.3, 0.4) is 0 Å². The van der Waals surface area contributed by atoms with E-state index in [1.165, 1.54) is 6.07 Å². The highest BCUT2D eigenvalue weighted by Crippen LogP contribution is 2.33. The Labute approximate surface area is 189 Å². The second-order valence-electron chi connectivity index (χ2n) is 7.82. The number of anilines is 1. The lowest BCUT2D eigenvalue weighted by atomic mass is 10.0. The van der Waals surface area contributed by atoms with Gasteiger partial charge in [0.25, 0.3) is 0 Å². The number of hydrogen-bond acceptors (Lipinski definition) is 5. The van der Waals surface area contributed by atoms with Crippen LogP contribution >= 0.6 is 0 Å². The first-order valence-electron chi connectivity index (χ1n) is 10.2. The van der Waals surface area contributed by atoms with Gasteiger partial charge in [-0.25, -0.2) is 0 Å². The number of benzene rings is 3. The summed E-state index contributed by atoms with van der Waals surface area (Å²) in [5.41, 5.74) is 0.622. The van der Waals surface area contributed by atoms with Gasteiger partial charge in [-0.1, -0.05) is 48.5 Å². The lowest BCUT2D eigenvalue weighted by Crippen LogP contribution is -2.27. The zero-order valence-electron chi connectivity index (χ0n) is 18.0. The van der Waals surface area contributed by atoms with Crippen LogP contribution in [0.4, 0.5) is 19.1 Å². The summed E-state index contributed by atoms with van der Waals surface area (Å²) >= 11 is 0. The zero-order valence-corrected chi connectivity index (χ0v) is 18.0. The maximum absolute atomic E-state index is 13.2. The summed E-state index contributed by atoms with van der Waals surface area (Å²) in [4.78, 5) is 6.14. The van der Waals surface area contributed by atoms with Crippen molar-refractivity contribution in [1.82, 2.24) is 9.88 Å². The maximum atomic E-state index is 13.2. The highest BCUT2D eigenvalue weighted by Gasteiger charge is 2.31. The Morgan fingerprint density at radius 3 is 2.52 bits per heavy atom. The number of halogens is 3. The van der Waals surface area contributed by atoms with E-state index in [-0.39, 0.29) is 18.1 Å². The molecule has 0 saturated carbocycles. The van der Waals surface area contributed by atoms with E-state index in [0.29, 0.717) is 11.5 Å². The molecular formula is C25H21F3N4O. The molecule has 0 unspecified atom stereocenters. The minimum atomic E-state index is -4.42. The summed E-state index contributed by atoms with van der Waals surface area (Å²) in [6.07, 6.45) is -4.42. The Bertz CT molecular complexity index is 1320. The number of nitrogens with zero attached hydrogens (tertiary/aromatic N) is 3. The summed E-state index contributed by atoms with van der Waals surface area (Å²) in [6.45, 7) is 0.215. The van der Waals surface area contributed by atoms with Crippen LogP contribution in [0.2, 0.25) is 0 Å². The Balaban J connectivity index is 1.63. The molecule has 3 aromatic carbocycles. The van der Waals surface area contributed by atoms with Crippen LogP contribution < -0.4 is 5.32 Å². The van der Waals surface area contributed by atoms with Gasteiger partial charge in [0.2, 0.25) is 17.5 Å². The van der Waals surface area contributed by atoms with E-state index in [1.54, 1.807) is 25.1 Å². The van der Waals surface area contributed by atoms with Crippen LogP contribution in [0.15, 0.2) is 71.1 Å². The van der Waals surface area contributed by atoms with Gasteiger partial charge in [0, 0.05) is 12.1 Å². The van der Waals surface area contributed by atoms with E-state index in [4.69, 9.17) is 4.42 Å². The SMILES string of the molecule is CN(C)[C@H](CNc1oc(-c2cccc3ccccc23)nc1C#N)c1cccc(C(F)(F)F)c1. The molecular weight excluding hydrogens is 429 g/mol. The number of alkyl halides is 3. The number of hydrogen-bond donors (Lipinski definition) is 1. The molecule has 0 amide bonds. The van der Waals surface area contributed by atoms with Crippen molar-refractivity contribution >= 4 is 16.7 Å². The van der Waals surface area contributed by atoms with E-state index in [1.807, 2.05) is 48.5 Å². The Morgan fingerprint density at radius 2 is 1.79 bits per heavy atom. The zero-order chi connectivity index (χ0) is 23.6. The van der Waals surface area contributed by atoms with Gasteiger partial charge in [-0.2, -0.15) is 23.4 Å². The molecule has 0 radical (unpaired) electrons. The Kier molecular flexibility index (Phi) is 6.07. The first-order valence-corrected chi connectivity index (χ1v) is 10.2. The molecule has 0 aliphatic heterocycles. The molecule has 8 heteroatoms. The molecule has 1 heterocycles. The highest BCUT2D eigenvalue weighted by molar-refractivity contribution is 5.94. The number of oxazole rings is 1. The predicted molar refractivity (Wildman–Crippen MR) is 121 cm³/mol. The van der Waals surface area contributed by atoms with Crippen molar-refractivity contribution in [3.05, 3.63) is 83.6 Å². The molecule has 5 nitrogen and oxygen atoms in total. The second kappa shape index (κ2) is 8.96. The molecule has 0 spiro atoms. The molecule has 4 aromatic rings. The molecule has 33 heavy (non-hydrogen) atoms. The summed E-state index contributed by atoms with van der Waals surface area (Å²) in [7, 11) is 3.56. The Hall–Kier alpha value is -3.83. The monoisotopic (exact) mass is 450 g/mol. The van der Waals surface area contributed by atoms with E-state index < -0.39 is 17.8 Å². The van der Waals surface area contributed by atoms with Crippen molar-refractivity contribution in [3.8, 4) is 17.5 Å². The van der Waals surface area contributed by atoms with Crippen LogP contribution in [0.1, 0.15) is 22.9 Å². The second-order valence-corrected chi connectivity index (χ2v) is 7.82. The first-order chi connectivity index (χ1) is 15.8. The van der Waals surface area contributed by atoms with E-state index in [0.717, 1.165) is 28.5 Å². The van der Waals surface area contributed by atoms with Crippen molar-refractivity contribution in [2.24, 2.45) is 0 Å². The number of nitriles is 1. The molecule has 0 aliphatic carbocycles. The number of aromatic nitrogens is 1. The first kappa shape index (κ1) is 22.4. The fourth-order valence-corrected chi connectivity index (χ4v) is 3.75. The summed E-state index contributed by atoms with van der Waals surface area (Å²) in [5, 5.41) is 14.6. The summed E-state index contributed by atoms with van der Waals surface area (Å²) in [6, 6.07) is 20.3. The predicted octanol–water partition coefficient (Wildman–Crippen LogP) is 6.10. The normalized spacial score (nSPS) is 12.6. The van der Waals surface area contributed by atoms with Gasteiger partial charge >= 0.3 is 6.18 Å². The number of rotatable bonds is 6. The standard InChI is InChI=1S/C25H21F3N4O/c1-32(2)22(17-9-5-10-18(13-17)25(26,27)28)15-30-24-21(14-29)31-23(33-24)20-12-6-8-16-7-3-4-11-19(16)20/h3-13,22,30H,15H2,1-2H3/t22-/m1/s1. The van der Waals surface area contributed by atoms with E-state index in [9.17, 15) is 18.4 Å². The summed E-state index contributed by atoms with van der Waals surface area (Å²) in [5.74, 6) is 0.477. The third-order valence-corrected chi connectivity index (χ3v) is 5.43. The lowest BCUT2D eigenvalue weighted by Gasteiger charge is -2.25. The van der Waals surface area contributed by atoms with Gasteiger partial charge in [0.15, 0.2) is 0 Å². The number of nitrogens with one attached hydrogen (secondary N) is 1. The van der Waals surface area contributed by atoms with Crippen LogP contribution in [-0.4, -0.2) is 30.5 Å². The largest absolute Gasteiger partial charge is 0.419 e. The molecule has 1 aromatic heterocycles. The van der Waals surface area contributed by atoms with Crippen LogP contribution in [0.5, 0.6) is 0 Å².